The van der Waals surface area contributed by atoms with Gasteiger partial charge in [0.05, 0.1) is 10.9 Å². The quantitative estimate of drug-likeness (QED) is 0.525. The van der Waals surface area contributed by atoms with E-state index >= 15 is 0 Å². The highest BCUT2D eigenvalue weighted by atomic mass is 19.3. The largest absolute Gasteiger partial charge is 0.365 e. The smallest absolute Gasteiger partial charge is 0.266 e. The van der Waals surface area contributed by atoms with Gasteiger partial charge in [-0.05, 0) is 31.7 Å². The summed E-state index contributed by atoms with van der Waals surface area (Å²) in [4.78, 5) is 35.4. The molecule has 3 heterocycles. The Morgan fingerprint density at radius 2 is 1.86 bits per heavy atom. The Kier molecular flexibility index (Phi) is 8.70. The van der Waals surface area contributed by atoms with Gasteiger partial charge in [-0.2, -0.15) is 0 Å². The molecule has 2 aromatic heterocycles. The van der Waals surface area contributed by atoms with Gasteiger partial charge in [0.15, 0.2) is 0 Å². The molecule has 0 bridgehead atoms. The predicted octanol–water partition coefficient (Wildman–Crippen LogP) is 5.08. The zero-order valence-electron chi connectivity index (χ0n) is 21.2. The maximum atomic E-state index is 14.5. The molecule has 1 amide bonds. The molecular weight excluding hydrogens is 471 g/mol. The molecule has 10 heteroatoms. The number of aryl methyl sites for hydroxylation is 2. The average Bonchev–Trinajstić information content (AvgIpc) is 2.86. The number of hydrogen-bond donors (Lipinski definition) is 1. The molecule has 0 spiro atoms. The van der Waals surface area contributed by atoms with E-state index in [1.165, 1.54) is 23.6 Å². The van der Waals surface area contributed by atoms with E-state index in [1.807, 2.05) is 13.8 Å². The van der Waals surface area contributed by atoms with Crippen LogP contribution in [0.1, 0.15) is 68.5 Å². The van der Waals surface area contributed by atoms with E-state index < -0.39 is 17.8 Å². The topological polar surface area (TPSA) is 80.1 Å². The van der Waals surface area contributed by atoms with Gasteiger partial charge < -0.3 is 10.2 Å². The number of amides is 1. The van der Waals surface area contributed by atoms with Crippen molar-refractivity contribution in [2.24, 2.45) is 7.05 Å². The summed E-state index contributed by atoms with van der Waals surface area (Å²) in [7, 11) is 1.64. The van der Waals surface area contributed by atoms with Crippen molar-refractivity contribution in [2.75, 3.05) is 18.4 Å². The molecule has 1 aromatic carbocycles. The lowest BCUT2D eigenvalue weighted by Gasteiger charge is -2.31. The molecule has 1 saturated heterocycles. The fourth-order valence-corrected chi connectivity index (χ4v) is 4.48. The van der Waals surface area contributed by atoms with Gasteiger partial charge in [-0.25, -0.2) is 23.1 Å². The number of fused-ring (bicyclic) bond motifs is 1. The SMILES string of the molecule is CC.CC(=O)N1CCC(c2cc3c(NCc4cccc(C(F)F)c4F)nc(C)nc3n(C)c2=O)CC1. The average molecular weight is 504 g/mol. The number of piperidine rings is 1. The van der Waals surface area contributed by atoms with Gasteiger partial charge in [0.25, 0.3) is 12.0 Å². The summed E-state index contributed by atoms with van der Waals surface area (Å²) in [5.74, 6) is -0.154. The van der Waals surface area contributed by atoms with E-state index in [-0.39, 0.29) is 29.5 Å². The van der Waals surface area contributed by atoms with Crippen molar-refractivity contribution in [3.05, 3.63) is 63.0 Å². The van der Waals surface area contributed by atoms with Crippen molar-refractivity contribution in [3.63, 3.8) is 0 Å². The van der Waals surface area contributed by atoms with Crippen LogP contribution in [0.3, 0.4) is 0 Å². The number of aromatic nitrogens is 3. The molecule has 194 valence electrons. The van der Waals surface area contributed by atoms with Crippen LogP contribution in [0, 0.1) is 12.7 Å². The van der Waals surface area contributed by atoms with Crippen molar-refractivity contribution in [1.82, 2.24) is 19.4 Å². The fraction of sp³-hybridized carbons (Fsp3) is 0.462. The van der Waals surface area contributed by atoms with E-state index in [0.29, 0.717) is 54.2 Å². The van der Waals surface area contributed by atoms with Crippen LogP contribution in [0.5, 0.6) is 0 Å². The molecule has 0 atom stereocenters. The zero-order chi connectivity index (χ0) is 26.6. The summed E-state index contributed by atoms with van der Waals surface area (Å²) in [5, 5.41) is 3.63. The second-order valence-electron chi connectivity index (χ2n) is 8.58. The van der Waals surface area contributed by atoms with Crippen LogP contribution in [0.25, 0.3) is 11.0 Å². The van der Waals surface area contributed by atoms with Crippen LogP contribution < -0.4 is 10.9 Å². The molecule has 3 aromatic rings. The first-order chi connectivity index (χ1) is 17.2. The molecule has 36 heavy (non-hydrogen) atoms. The first-order valence-electron chi connectivity index (χ1n) is 12.1. The molecule has 4 rings (SSSR count). The van der Waals surface area contributed by atoms with E-state index in [1.54, 1.807) is 24.9 Å². The van der Waals surface area contributed by atoms with Crippen LogP contribution >= 0.6 is 0 Å². The number of benzene rings is 1. The number of likely N-dealkylation sites (tertiary alicyclic amines) is 1. The van der Waals surface area contributed by atoms with Gasteiger partial charge >= 0.3 is 0 Å². The van der Waals surface area contributed by atoms with E-state index in [9.17, 15) is 22.8 Å². The Morgan fingerprint density at radius 3 is 2.47 bits per heavy atom. The lowest BCUT2D eigenvalue weighted by Crippen LogP contribution is -2.38. The molecular formula is C26H32F3N5O2. The monoisotopic (exact) mass is 503 g/mol. The number of anilines is 1. The summed E-state index contributed by atoms with van der Waals surface area (Å²) in [5.41, 5.74) is 0.313. The van der Waals surface area contributed by atoms with Crippen LogP contribution in [-0.4, -0.2) is 38.4 Å². The van der Waals surface area contributed by atoms with Gasteiger partial charge in [-0.15, -0.1) is 0 Å². The zero-order valence-corrected chi connectivity index (χ0v) is 21.2. The van der Waals surface area contributed by atoms with Crippen molar-refractivity contribution < 1.29 is 18.0 Å². The van der Waals surface area contributed by atoms with Gasteiger partial charge in [-0.1, -0.05) is 32.0 Å². The summed E-state index contributed by atoms with van der Waals surface area (Å²) in [6.45, 7) is 8.31. The highest BCUT2D eigenvalue weighted by molar-refractivity contribution is 5.87. The Bertz CT molecular complexity index is 1300. The molecule has 0 radical (unpaired) electrons. The van der Waals surface area contributed by atoms with Crippen molar-refractivity contribution in [1.29, 1.82) is 0 Å². The van der Waals surface area contributed by atoms with Crippen molar-refractivity contribution >= 4 is 22.8 Å². The summed E-state index contributed by atoms with van der Waals surface area (Å²) >= 11 is 0. The minimum atomic E-state index is -2.91. The number of pyridine rings is 1. The Morgan fingerprint density at radius 1 is 1.19 bits per heavy atom. The van der Waals surface area contributed by atoms with Crippen LogP contribution in [0.4, 0.5) is 19.0 Å². The second kappa shape index (κ2) is 11.5. The highest BCUT2D eigenvalue weighted by Crippen LogP contribution is 2.30. The van der Waals surface area contributed by atoms with Gasteiger partial charge in [0.2, 0.25) is 5.91 Å². The number of alkyl halides is 2. The molecule has 0 aliphatic carbocycles. The fourth-order valence-electron chi connectivity index (χ4n) is 4.48. The van der Waals surface area contributed by atoms with E-state index in [2.05, 4.69) is 15.3 Å². The van der Waals surface area contributed by atoms with E-state index in [4.69, 9.17) is 0 Å². The first kappa shape index (κ1) is 27.2. The van der Waals surface area contributed by atoms with Crippen LogP contribution in [0.15, 0.2) is 29.1 Å². The molecule has 7 nitrogen and oxygen atoms in total. The van der Waals surface area contributed by atoms with E-state index in [0.717, 1.165) is 6.07 Å². The van der Waals surface area contributed by atoms with Gasteiger partial charge in [-0.3, -0.25) is 14.2 Å². The first-order valence-corrected chi connectivity index (χ1v) is 12.1. The number of rotatable bonds is 5. The Balaban J connectivity index is 0.00000176. The van der Waals surface area contributed by atoms with Gasteiger partial charge in [0.1, 0.15) is 23.1 Å². The maximum absolute atomic E-state index is 14.5. The third kappa shape index (κ3) is 5.52. The number of hydrogen-bond acceptors (Lipinski definition) is 5. The predicted molar refractivity (Wildman–Crippen MR) is 134 cm³/mol. The van der Waals surface area contributed by atoms with Crippen molar-refractivity contribution in [2.45, 2.75) is 59.4 Å². The molecule has 1 N–H and O–H groups in total. The number of halogens is 3. The lowest BCUT2D eigenvalue weighted by molar-refractivity contribution is -0.129. The molecule has 0 saturated carbocycles. The normalized spacial score (nSPS) is 14.1. The lowest BCUT2D eigenvalue weighted by atomic mass is 9.89. The van der Waals surface area contributed by atoms with Crippen molar-refractivity contribution in [3.8, 4) is 0 Å². The highest BCUT2D eigenvalue weighted by Gasteiger charge is 2.26. The number of carbonyl (C=O) groups is 1. The number of nitrogens with zero attached hydrogens (tertiary/aromatic N) is 4. The minimum absolute atomic E-state index is 0.0170. The summed E-state index contributed by atoms with van der Waals surface area (Å²) < 4.78 is 42.1. The molecule has 1 aliphatic heterocycles. The third-order valence-electron chi connectivity index (χ3n) is 6.38. The van der Waals surface area contributed by atoms with Crippen LogP contribution in [0.2, 0.25) is 0 Å². The number of carbonyl (C=O) groups excluding carboxylic acids is 1. The second-order valence-corrected chi connectivity index (χ2v) is 8.58. The molecule has 1 aliphatic rings. The Hall–Kier alpha value is -3.43. The third-order valence-corrected chi connectivity index (χ3v) is 6.38. The standard InChI is InChI=1S/C24H26F3N5O2.C2H6/c1-13-29-22(28-12-16-5-4-6-17(20(16)25)21(26)27)19-11-18(24(34)31(3)23(19)30-13)15-7-9-32(10-8-15)14(2)33;1-2/h4-6,11,15,21H,7-10,12H2,1-3H3,(H,28,29,30);1-2H3. The molecule has 0 unspecified atom stereocenters. The molecule has 1 fully saturated rings. The van der Waals surface area contributed by atoms with Gasteiger partial charge in [0, 0.05) is 44.7 Å². The minimum Gasteiger partial charge on any atom is -0.365 e. The summed E-state index contributed by atoms with van der Waals surface area (Å²) in [6.07, 6.45) is -1.57. The Labute approximate surface area is 208 Å². The number of nitrogens with one attached hydrogen (secondary N) is 1. The van der Waals surface area contributed by atoms with Crippen LogP contribution in [-0.2, 0) is 18.4 Å². The maximum Gasteiger partial charge on any atom is 0.266 e. The summed E-state index contributed by atoms with van der Waals surface area (Å²) in [6, 6.07) is 5.65.